The molecule has 0 aliphatic carbocycles. The lowest BCUT2D eigenvalue weighted by atomic mass is 10.1. The summed E-state index contributed by atoms with van der Waals surface area (Å²) in [6.45, 7) is 0.447. The van der Waals surface area contributed by atoms with Crippen LogP contribution in [-0.4, -0.2) is 48.8 Å². The number of carbonyl (C=O) groups excluding carboxylic acids is 2. The van der Waals surface area contributed by atoms with Gasteiger partial charge in [0.25, 0.3) is 0 Å². The fourth-order valence-electron chi connectivity index (χ4n) is 3.22. The summed E-state index contributed by atoms with van der Waals surface area (Å²) in [6.07, 6.45) is 0.742. The number of benzene rings is 2. The Kier molecular flexibility index (Phi) is 7.36. The fraction of sp³-hybridized carbons (Fsp3) is 0.333. The molecular weight excluding hydrogens is 396 g/mol. The number of methoxy groups -OCH3 is 1. The van der Waals surface area contributed by atoms with E-state index < -0.39 is 6.04 Å². The summed E-state index contributed by atoms with van der Waals surface area (Å²) < 4.78 is 5.03. The van der Waals surface area contributed by atoms with Gasteiger partial charge in [0.2, 0.25) is 11.8 Å². The molecule has 28 heavy (non-hydrogen) atoms. The largest absolute Gasteiger partial charge is 0.375 e. The highest BCUT2D eigenvalue weighted by atomic mass is 35.5. The number of hydrogen-bond donors (Lipinski definition) is 1. The van der Waals surface area contributed by atoms with Gasteiger partial charge in [0.15, 0.2) is 0 Å². The number of rotatable bonds is 7. The van der Waals surface area contributed by atoms with Crippen LogP contribution in [0.3, 0.4) is 0 Å². The molecule has 5 nitrogen and oxygen atoms in total. The van der Waals surface area contributed by atoms with Gasteiger partial charge in [-0.1, -0.05) is 60.1 Å². The van der Waals surface area contributed by atoms with Crippen molar-refractivity contribution in [3.8, 4) is 0 Å². The number of carbonyl (C=O) groups is 2. The zero-order chi connectivity index (χ0) is 19.9. The van der Waals surface area contributed by atoms with Gasteiger partial charge < -0.3 is 15.0 Å². The van der Waals surface area contributed by atoms with Crippen molar-refractivity contribution in [2.75, 3.05) is 26.0 Å². The van der Waals surface area contributed by atoms with E-state index in [1.165, 1.54) is 7.11 Å². The van der Waals surface area contributed by atoms with E-state index in [0.29, 0.717) is 17.3 Å². The Labute approximate surface area is 174 Å². The summed E-state index contributed by atoms with van der Waals surface area (Å²) in [5.74, 6) is 0.144. The van der Waals surface area contributed by atoms with E-state index in [0.717, 1.165) is 17.5 Å². The zero-order valence-electron chi connectivity index (χ0n) is 15.6. The average Bonchev–Trinajstić information content (AvgIpc) is 3.14. The van der Waals surface area contributed by atoms with E-state index >= 15 is 0 Å². The van der Waals surface area contributed by atoms with E-state index in [9.17, 15) is 9.59 Å². The van der Waals surface area contributed by atoms with E-state index in [2.05, 4.69) is 5.32 Å². The molecule has 0 saturated carbocycles. The molecule has 1 N–H and O–H groups in total. The normalized spacial score (nSPS) is 18.9. The molecular formula is C21H23ClN2O3S. The molecule has 1 saturated heterocycles. The van der Waals surface area contributed by atoms with Crippen molar-refractivity contribution in [3.63, 3.8) is 0 Å². The molecule has 0 radical (unpaired) electrons. The summed E-state index contributed by atoms with van der Waals surface area (Å²) in [6, 6.07) is 16.8. The first-order valence-corrected chi connectivity index (χ1v) is 10.5. The van der Waals surface area contributed by atoms with Crippen LogP contribution in [0.15, 0.2) is 54.6 Å². The third-order valence-corrected chi connectivity index (χ3v) is 6.24. The Bertz CT molecular complexity index is 818. The second-order valence-electron chi connectivity index (χ2n) is 6.48. The Hall–Kier alpha value is -2.02. The predicted molar refractivity (Wildman–Crippen MR) is 112 cm³/mol. The number of halogens is 1. The maximum absolute atomic E-state index is 12.8. The highest BCUT2D eigenvalue weighted by Gasteiger charge is 2.42. The van der Waals surface area contributed by atoms with Crippen molar-refractivity contribution < 1.29 is 14.3 Å². The number of thioether (sulfide) groups is 1. The standard InChI is InChI=1S/C21H23ClN2O3S/c1-27-13-19(25)24-18(14-28-21(24)16-9-5-6-10-17(16)22)20(26)23-12-11-15-7-3-2-4-8-15/h2-10,18,21H,11-14H2,1H3,(H,23,26). The molecule has 1 fully saturated rings. The number of ether oxygens (including phenoxy) is 1. The van der Waals surface area contributed by atoms with Gasteiger partial charge in [-0.3, -0.25) is 9.59 Å². The van der Waals surface area contributed by atoms with E-state index in [-0.39, 0.29) is 23.8 Å². The van der Waals surface area contributed by atoms with Crippen molar-refractivity contribution in [3.05, 3.63) is 70.7 Å². The first-order valence-electron chi connectivity index (χ1n) is 9.09. The van der Waals surface area contributed by atoms with Crippen LogP contribution in [0.25, 0.3) is 0 Å². The van der Waals surface area contributed by atoms with E-state index in [1.54, 1.807) is 22.7 Å². The van der Waals surface area contributed by atoms with Crippen molar-refractivity contribution >= 4 is 35.2 Å². The molecule has 2 aromatic rings. The van der Waals surface area contributed by atoms with Crippen LogP contribution in [0, 0.1) is 0 Å². The van der Waals surface area contributed by atoms with Gasteiger partial charge in [-0.2, -0.15) is 0 Å². The van der Waals surface area contributed by atoms with Crippen LogP contribution >= 0.6 is 23.4 Å². The topological polar surface area (TPSA) is 58.6 Å². The van der Waals surface area contributed by atoms with Crippen molar-refractivity contribution in [1.29, 1.82) is 0 Å². The minimum Gasteiger partial charge on any atom is -0.375 e. The summed E-state index contributed by atoms with van der Waals surface area (Å²) in [7, 11) is 1.47. The summed E-state index contributed by atoms with van der Waals surface area (Å²) in [5.41, 5.74) is 1.99. The summed E-state index contributed by atoms with van der Waals surface area (Å²) in [5, 5.41) is 3.25. The highest BCUT2D eigenvalue weighted by molar-refractivity contribution is 7.99. The zero-order valence-corrected chi connectivity index (χ0v) is 17.2. The summed E-state index contributed by atoms with van der Waals surface area (Å²) >= 11 is 7.89. The monoisotopic (exact) mass is 418 g/mol. The minimum absolute atomic E-state index is 0.0741. The van der Waals surface area contributed by atoms with Crippen molar-refractivity contribution in [2.45, 2.75) is 17.8 Å². The third kappa shape index (κ3) is 4.87. The maximum Gasteiger partial charge on any atom is 0.250 e. The van der Waals surface area contributed by atoms with Crippen LogP contribution in [0.5, 0.6) is 0 Å². The van der Waals surface area contributed by atoms with Crippen LogP contribution < -0.4 is 5.32 Å². The van der Waals surface area contributed by atoms with Crippen molar-refractivity contribution in [2.24, 2.45) is 0 Å². The van der Waals surface area contributed by atoms with Gasteiger partial charge >= 0.3 is 0 Å². The van der Waals surface area contributed by atoms with Crippen LogP contribution in [-0.2, 0) is 20.7 Å². The Morgan fingerprint density at radius 3 is 2.61 bits per heavy atom. The van der Waals surface area contributed by atoms with E-state index in [4.69, 9.17) is 16.3 Å². The van der Waals surface area contributed by atoms with Gasteiger partial charge in [-0.05, 0) is 18.1 Å². The molecule has 1 aliphatic rings. The van der Waals surface area contributed by atoms with Crippen LogP contribution in [0.1, 0.15) is 16.5 Å². The van der Waals surface area contributed by atoms with Crippen molar-refractivity contribution in [1.82, 2.24) is 10.2 Å². The third-order valence-electron chi connectivity index (χ3n) is 4.59. The molecule has 0 spiro atoms. The number of amides is 2. The number of hydrogen-bond acceptors (Lipinski definition) is 4. The Morgan fingerprint density at radius 2 is 1.89 bits per heavy atom. The highest BCUT2D eigenvalue weighted by Crippen LogP contribution is 2.43. The lowest BCUT2D eigenvalue weighted by Crippen LogP contribution is -2.49. The fourth-order valence-corrected chi connectivity index (χ4v) is 5.01. The molecule has 2 atom stereocenters. The molecule has 2 unspecified atom stereocenters. The summed E-state index contributed by atoms with van der Waals surface area (Å²) in [4.78, 5) is 27.1. The Balaban J connectivity index is 1.70. The van der Waals surface area contributed by atoms with Gasteiger partial charge in [-0.25, -0.2) is 0 Å². The lowest BCUT2D eigenvalue weighted by molar-refractivity contribution is -0.142. The van der Waals surface area contributed by atoms with Gasteiger partial charge in [0.05, 0.1) is 0 Å². The molecule has 3 rings (SSSR count). The van der Waals surface area contributed by atoms with Crippen LogP contribution in [0.2, 0.25) is 5.02 Å². The number of nitrogens with one attached hydrogen (secondary N) is 1. The second-order valence-corrected chi connectivity index (χ2v) is 8.00. The predicted octanol–water partition coefficient (Wildman–Crippen LogP) is 3.29. The van der Waals surface area contributed by atoms with Gasteiger partial charge in [0.1, 0.15) is 18.0 Å². The SMILES string of the molecule is COCC(=O)N1C(C(=O)NCCc2ccccc2)CSC1c1ccccc1Cl. The molecule has 2 amide bonds. The molecule has 1 aliphatic heterocycles. The molecule has 0 aromatic heterocycles. The Morgan fingerprint density at radius 1 is 1.18 bits per heavy atom. The van der Waals surface area contributed by atoms with Gasteiger partial charge in [-0.15, -0.1) is 11.8 Å². The smallest absolute Gasteiger partial charge is 0.250 e. The van der Waals surface area contributed by atoms with E-state index in [1.807, 2.05) is 48.5 Å². The lowest BCUT2D eigenvalue weighted by Gasteiger charge is -2.29. The average molecular weight is 419 g/mol. The molecule has 2 aromatic carbocycles. The van der Waals surface area contributed by atoms with Crippen LogP contribution in [0.4, 0.5) is 0 Å². The molecule has 0 bridgehead atoms. The first kappa shape index (κ1) is 20.7. The number of nitrogens with zero attached hydrogens (tertiary/aromatic N) is 1. The van der Waals surface area contributed by atoms with Gasteiger partial charge in [0, 0.05) is 30.0 Å². The maximum atomic E-state index is 12.8. The second kappa shape index (κ2) is 9.96. The quantitative estimate of drug-likeness (QED) is 0.749. The molecule has 148 valence electrons. The first-order chi connectivity index (χ1) is 13.6. The molecule has 7 heteroatoms. The minimum atomic E-state index is -0.551. The molecule has 1 heterocycles.